The number of alkyl halides is 1. The van der Waals surface area contributed by atoms with Crippen molar-refractivity contribution in [2.75, 3.05) is 13.1 Å². The fourth-order valence-corrected chi connectivity index (χ4v) is 1.32. The maximum absolute atomic E-state index is 11.4. The molecule has 76 valence electrons. The van der Waals surface area contributed by atoms with Crippen molar-refractivity contribution in [3.05, 3.63) is 29.3 Å². The van der Waals surface area contributed by atoms with Crippen molar-refractivity contribution >= 4 is 17.5 Å². The number of halogens is 1. The first-order chi connectivity index (χ1) is 6.70. The number of rotatable bonds is 3. The van der Waals surface area contributed by atoms with E-state index < -0.39 is 0 Å². The number of hydrogen-bond acceptors (Lipinski definition) is 2. The third-order valence-electron chi connectivity index (χ3n) is 1.88. The van der Waals surface area contributed by atoms with Gasteiger partial charge in [0.25, 0.3) is 5.91 Å². The van der Waals surface area contributed by atoms with Gasteiger partial charge in [-0.25, -0.2) is 0 Å². The monoisotopic (exact) mass is 213 g/mol. The van der Waals surface area contributed by atoms with Crippen molar-refractivity contribution in [3.63, 3.8) is 0 Å². The molecule has 0 saturated carbocycles. The summed E-state index contributed by atoms with van der Waals surface area (Å²) in [7, 11) is 1.58. The van der Waals surface area contributed by atoms with Crippen LogP contribution in [0.3, 0.4) is 0 Å². The first-order valence-corrected chi connectivity index (χ1v) is 4.74. The standard InChI is InChI=1S/C10H12ClNO2/c1-7-4-3-5-8(10(13)12-2)9(7)14-6-11/h3-5H,6H2,1-2H3,(H,12,13). The summed E-state index contributed by atoms with van der Waals surface area (Å²) in [6, 6.07) is 5.41. The van der Waals surface area contributed by atoms with Gasteiger partial charge < -0.3 is 10.1 Å². The van der Waals surface area contributed by atoms with Crippen LogP contribution in [0.1, 0.15) is 15.9 Å². The Balaban J connectivity index is 3.13. The molecule has 0 bridgehead atoms. The molecule has 0 radical (unpaired) electrons. The Morgan fingerprint density at radius 2 is 2.29 bits per heavy atom. The molecule has 0 aliphatic carbocycles. The predicted octanol–water partition coefficient (Wildman–Crippen LogP) is 1.93. The maximum Gasteiger partial charge on any atom is 0.254 e. The molecule has 0 fully saturated rings. The second kappa shape index (κ2) is 4.86. The third kappa shape index (κ3) is 2.17. The van der Waals surface area contributed by atoms with Crippen molar-refractivity contribution in [2.24, 2.45) is 0 Å². The summed E-state index contributed by atoms with van der Waals surface area (Å²) in [4.78, 5) is 11.4. The average Bonchev–Trinajstić information content (AvgIpc) is 2.20. The van der Waals surface area contributed by atoms with Gasteiger partial charge in [-0.2, -0.15) is 0 Å². The highest BCUT2D eigenvalue weighted by molar-refractivity contribution is 6.17. The molecule has 0 aliphatic rings. The minimum atomic E-state index is -0.172. The van der Waals surface area contributed by atoms with E-state index in [-0.39, 0.29) is 12.0 Å². The van der Waals surface area contributed by atoms with Crippen LogP contribution in [0.4, 0.5) is 0 Å². The van der Waals surface area contributed by atoms with E-state index in [1.807, 2.05) is 13.0 Å². The van der Waals surface area contributed by atoms with Gasteiger partial charge in [0.05, 0.1) is 5.56 Å². The van der Waals surface area contributed by atoms with E-state index >= 15 is 0 Å². The Hall–Kier alpha value is -1.22. The number of carbonyl (C=O) groups excluding carboxylic acids is 1. The molecule has 1 N–H and O–H groups in total. The highest BCUT2D eigenvalue weighted by Crippen LogP contribution is 2.23. The summed E-state index contributed by atoms with van der Waals surface area (Å²) in [5, 5.41) is 2.55. The Kier molecular flexibility index (Phi) is 3.77. The molecule has 1 rings (SSSR count). The molecule has 4 heteroatoms. The molecule has 0 heterocycles. The summed E-state index contributed by atoms with van der Waals surface area (Å²) in [6.45, 7) is 1.87. The Morgan fingerprint density at radius 1 is 1.57 bits per heavy atom. The van der Waals surface area contributed by atoms with E-state index in [2.05, 4.69) is 5.32 Å². The van der Waals surface area contributed by atoms with Crippen molar-refractivity contribution in [3.8, 4) is 5.75 Å². The van der Waals surface area contributed by atoms with E-state index in [9.17, 15) is 4.79 Å². The van der Waals surface area contributed by atoms with E-state index in [0.29, 0.717) is 11.3 Å². The van der Waals surface area contributed by atoms with Gasteiger partial charge in [-0.05, 0) is 18.6 Å². The molecule has 3 nitrogen and oxygen atoms in total. The fourth-order valence-electron chi connectivity index (χ4n) is 1.21. The van der Waals surface area contributed by atoms with Crippen LogP contribution in [0, 0.1) is 6.92 Å². The molecule has 0 spiro atoms. The molecule has 14 heavy (non-hydrogen) atoms. The van der Waals surface area contributed by atoms with Gasteiger partial charge in [-0.1, -0.05) is 23.7 Å². The smallest absolute Gasteiger partial charge is 0.254 e. The second-order valence-electron chi connectivity index (χ2n) is 2.78. The molecule has 0 aromatic heterocycles. The van der Waals surface area contributed by atoms with Crippen LogP contribution in [0.25, 0.3) is 0 Å². The summed E-state index contributed by atoms with van der Waals surface area (Å²) in [5.41, 5.74) is 1.40. The summed E-state index contributed by atoms with van der Waals surface area (Å²) in [6.07, 6.45) is 0. The van der Waals surface area contributed by atoms with Crippen molar-refractivity contribution < 1.29 is 9.53 Å². The van der Waals surface area contributed by atoms with E-state index in [1.54, 1.807) is 19.2 Å². The summed E-state index contributed by atoms with van der Waals surface area (Å²) in [5.74, 6) is 0.371. The van der Waals surface area contributed by atoms with Gasteiger partial charge in [-0.3, -0.25) is 4.79 Å². The van der Waals surface area contributed by atoms with Crippen LogP contribution >= 0.6 is 11.6 Å². The minimum Gasteiger partial charge on any atom is -0.477 e. The number of amides is 1. The fraction of sp³-hybridized carbons (Fsp3) is 0.300. The lowest BCUT2D eigenvalue weighted by molar-refractivity contribution is 0.0959. The van der Waals surface area contributed by atoms with Gasteiger partial charge in [0.2, 0.25) is 0 Å². The highest BCUT2D eigenvalue weighted by Gasteiger charge is 2.12. The number of nitrogens with one attached hydrogen (secondary N) is 1. The molecule has 0 unspecified atom stereocenters. The molecule has 1 aromatic rings. The lowest BCUT2D eigenvalue weighted by Crippen LogP contribution is -2.19. The Morgan fingerprint density at radius 3 is 2.86 bits per heavy atom. The molecule has 1 amide bonds. The minimum absolute atomic E-state index is 0.0366. The number of hydrogen-bond donors (Lipinski definition) is 1. The van der Waals surface area contributed by atoms with Gasteiger partial charge in [0.15, 0.2) is 6.07 Å². The van der Waals surface area contributed by atoms with Gasteiger partial charge >= 0.3 is 0 Å². The van der Waals surface area contributed by atoms with E-state index in [4.69, 9.17) is 16.3 Å². The molecular formula is C10H12ClNO2. The van der Waals surface area contributed by atoms with Crippen LogP contribution in [0.15, 0.2) is 18.2 Å². The SMILES string of the molecule is CNC(=O)c1cccc(C)c1OCCl. The van der Waals surface area contributed by atoms with Crippen LogP contribution in [-0.4, -0.2) is 19.0 Å². The zero-order valence-corrected chi connectivity index (χ0v) is 8.89. The normalized spacial score (nSPS) is 9.64. The van der Waals surface area contributed by atoms with Crippen LogP contribution in [-0.2, 0) is 0 Å². The summed E-state index contributed by atoms with van der Waals surface area (Å²) < 4.78 is 5.20. The van der Waals surface area contributed by atoms with Crippen LogP contribution < -0.4 is 10.1 Å². The number of ether oxygens (including phenoxy) is 1. The molecule has 0 saturated heterocycles. The third-order valence-corrected chi connectivity index (χ3v) is 1.99. The van der Waals surface area contributed by atoms with Crippen molar-refractivity contribution in [2.45, 2.75) is 6.92 Å². The number of aryl methyl sites for hydroxylation is 1. The quantitative estimate of drug-likeness (QED) is 0.780. The Bertz CT molecular complexity index is 339. The average molecular weight is 214 g/mol. The van der Waals surface area contributed by atoms with Gasteiger partial charge in [0, 0.05) is 7.05 Å². The van der Waals surface area contributed by atoms with Crippen molar-refractivity contribution in [1.29, 1.82) is 0 Å². The largest absolute Gasteiger partial charge is 0.477 e. The van der Waals surface area contributed by atoms with Crippen LogP contribution in [0.5, 0.6) is 5.75 Å². The van der Waals surface area contributed by atoms with Gasteiger partial charge in [-0.15, -0.1) is 0 Å². The number of benzene rings is 1. The van der Waals surface area contributed by atoms with Crippen molar-refractivity contribution in [1.82, 2.24) is 5.32 Å². The van der Waals surface area contributed by atoms with Gasteiger partial charge in [0.1, 0.15) is 5.75 Å². The maximum atomic E-state index is 11.4. The zero-order valence-electron chi connectivity index (χ0n) is 8.13. The molecule has 0 atom stereocenters. The lowest BCUT2D eigenvalue weighted by Gasteiger charge is -2.10. The first-order valence-electron chi connectivity index (χ1n) is 4.21. The first kappa shape index (κ1) is 10.9. The Labute approximate surface area is 88.0 Å². The summed E-state index contributed by atoms with van der Waals surface area (Å²) >= 11 is 5.47. The number of carbonyl (C=O) groups is 1. The second-order valence-corrected chi connectivity index (χ2v) is 3.00. The molecule has 1 aromatic carbocycles. The number of para-hydroxylation sites is 1. The molecular weight excluding hydrogens is 202 g/mol. The highest BCUT2D eigenvalue weighted by atomic mass is 35.5. The van der Waals surface area contributed by atoms with Crippen LogP contribution in [0.2, 0.25) is 0 Å². The predicted molar refractivity (Wildman–Crippen MR) is 55.9 cm³/mol. The van der Waals surface area contributed by atoms with E-state index in [0.717, 1.165) is 5.56 Å². The lowest BCUT2D eigenvalue weighted by atomic mass is 10.1. The topological polar surface area (TPSA) is 38.3 Å². The van der Waals surface area contributed by atoms with E-state index in [1.165, 1.54) is 0 Å². The zero-order chi connectivity index (χ0) is 10.6. The molecule has 0 aliphatic heterocycles.